The van der Waals surface area contributed by atoms with Gasteiger partial charge in [-0.1, -0.05) is 24.3 Å². The molecule has 2 amide bonds. The zero-order valence-electron chi connectivity index (χ0n) is 15.6. The largest absolute Gasteiger partial charge is 0.493 e. The average molecular weight is 376 g/mol. The van der Waals surface area contributed by atoms with Gasteiger partial charge >= 0.3 is 0 Å². The van der Waals surface area contributed by atoms with Crippen LogP contribution in [0.1, 0.15) is 20.7 Å². The maximum atomic E-state index is 12.6. The molecule has 0 heterocycles. The molecule has 0 aliphatic rings. The fourth-order valence-electron chi connectivity index (χ4n) is 2.69. The van der Waals surface area contributed by atoms with E-state index in [2.05, 4.69) is 10.6 Å². The molecule has 6 heteroatoms. The van der Waals surface area contributed by atoms with Crippen LogP contribution in [-0.2, 0) is 0 Å². The van der Waals surface area contributed by atoms with Gasteiger partial charge in [0.1, 0.15) is 0 Å². The van der Waals surface area contributed by atoms with Crippen molar-refractivity contribution in [2.24, 2.45) is 0 Å². The Kier molecular flexibility index (Phi) is 5.91. The van der Waals surface area contributed by atoms with Crippen LogP contribution >= 0.6 is 0 Å². The zero-order chi connectivity index (χ0) is 19.9. The number of carbonyl (C=O) groups is 2. The summed E-state index contributed by atoms with van der Waals surface area (Å²) in [5.41, 5.74) is 2.16. The number of ether oxygens (including phenoxy) is 2. The zero-order valence-corrected chi connectivity index (χ0v) is 15.6. The first-order valence-corrected chi connectivity index (χ1v) is 8.61. The maximum absolute atomic E-state index is 12.6. The fourth-order valence-corrected chi connectivity index (χ4v) is 2.69. The van der Waals surface area contributed by atoms with Gasteiger partial charge in [0.2, 0.25) is 0 Å². The number of amides is 2. The molecule has 2 N–H and O–H groups in total. The van der Waals surface area contributed by atoms with Gasteiger partial charge in [0.15, 0.2) is 11.5 Å². The number of hydrogen-bond donors (Lipinski definition) is 2. The number of hydrogen-bond acceptors (Lipinski definition) is 4. The van der Waals surface area contributed by atoms with Crippen LogP contribution in [0.3, 0.4) is 0 Å². The molecule has 0 aromatic heterocycles. The van der Waals surface area contributed by atoms with Gasteiger partial charge in [0.05, 0.1) is 19.8 Å². The Morgan fingerprint density at radius 3 is 1.86 bits per heavy atom. The highest BCUT2D eigenvalue weighted by atomic mass is 16.5. The molecule has 3 aromatic carbocycles. The van der Waals surface area contributed by atoms with Gasteiger partial charge in [0, 0.05) is 16.9 Å². The second-order valence-corrected chi connectivity index (χ2v) is 5.89. The lowest BCUT2D eigenvalue weighted by atomic mass is 10.1. The van der Waals surface area contributed by atoms with E-state index in [0.29, 0.717) is 34.0 Å². The van der Waals surface area contributed by atoms with E-state index in [1.807, 2.05) is 6.07 Å². The molecule has 28 heavy (non-hydrogen) atoms. The van der Waals surface area contributed by atoms with Crippen LogP contribution in [0.5, 0.6) is 11.5 Å². The molecular weight excluding hydrogens is 356 g/mol. The minimum Gasteiger partial charge on any atom is -0.493 e. The summed E-state index contributed by atoms with van der Waals surface area (Å²) in [5.74, 6) is 0.332. The molecule has 142 valence electrons. The van der Waals surface area contributed by atoms with Crippen molar-refractivity contribution in [1.29, 1.82) is 0 Å². The molecule has 3 aromatic rings. The Balaban J connectivity index is 1.69. The van der Waals surface area contributed by atoms with Gasteiger partial charge < -0.3 is 20.1 Å². The first-order chi connectivity index (χ1) is 13.6. The number of nitrogens with one attached hydrogen (secondary N) is 2. The minimum atomic E-state index is -0.322. The topological polar surface area (TPSA) is 76.7 Å². The number of anilines is 2. The molecule has 0 aliphatic heterocycles. The van der Waals surface area contributed by atoms with Crippen LogP contribution < -0.4 is 20.1 Å². The van der Waals surface area contributed by atoms with Crippen molar-refractivity contribution >= 4 is 23.2 Å². The lowest BCUT2D eigenvalue weighted by Crippen LogP contribution is -2.14. The number of methoxy groups -OCH3 is 2. The summed E-state index contributed by atoms with van der Waals surface area (Å²) in [6, 6.07) is 20.9. The van der Waals surface area contributed by atoms with Crippen molar-refractivity contribution in [3.63, 3.8) is 0 Å². The predicted octanol–water partition coefficient (Wildman–Crippen LogP) is 4.21. The highest BCUT2D eigenvalue weighted by Gasteiger charge is 2.16. The summed E-state index contributed by atoms with van der Waals surface area (Å²) < 4.78 is 10.5. The second-order valence-electron chi connectivity index (χ2n) is 5.89. The Bertz CT molecular complexity index is 970. The van der Waals surface area contributed by atoms with E-state index in [9.17, 15) is 9.59 Å². The van der Waals surface area contributed by atoms with Crippen molar-refractivity contribution in [3.8, 4) is 11.5 Å². The van der Waals surface area contributed by atoms with Gasteiger partial charge in [-0.3, -0.25) is 9.59 Å². The lowest BCUT2D eigenvalue weighted by molar-refractivity contribution is 0.101. The predicted molar refractivity (Wildman–Crippen MR) is 108 cm³/mol. The summed E-state index contributed by atoms with van der Waals surface area (Å²) in [5, 5.41) is 5.62. The number of rotatable bonds is 6. The lowest BCUT2D eigenvalue weighted by Gasteiger charge is -2.13. The van der Waals surface area contributed by atoms with E-state index >= 15 is 0 Å². The third-order valence-electron chi connectivity index (χ3n) is 4.08. The maximum Gasteiger partial charge on any atom is 0.259 e. The molecule has 0 aliphatic carbocycles. The highest BCUT2D eigenvalue weighted by molar-refractivity contribution is 6.07. The molecule has 0 saturated carbocycles. The summed E-state index contributed by atoms with van der Waals surface area (Å²) in [4.78, 5) is 24.8. The smallest absolute Gasteiger partial charge is 0.259 e. The van der Waals surface area contributed by atoms with Crippen LogP contribution in [0.15, 0.2) is 72.8 Å². The Labute approximate surface area is 163 Å². The second kappa shape index (κ2) is 8.73. The average Bonchev–Trinajstić information content (AvgIpc) is 2.74. The quantitative estimate of drug-likeness (QED) is 0.676. The molecule has 0 unspecified atom stereocenters. The molecule has 0 saturated heterocycles. The van der Waals surface area contributed by atoms with Gasteiger partial charge in [0.25, 0.3) is 11.8 Å². The van der Waals surface area contributed by atoms with Gasteiger partial charge in [-0.2, -0.15) is 0 Å². The Morgan fingerprint density at radius 1 is 0.679 bits per heavy atom. The van der Waals surface area contributed by atoms with Crippen molar-refractivity contribution in [1.82, 2.24) is 0 Å². The van der Waals surface area contributed by atoms with E-state index in [0.717, 1.165) is 0 Å². The monoisotopic (exact) mass is 376 g/mol. The Morgan fingerprint density at radius 2 is 1.29 bits per heavy atom. The molecule has 0 fully saturated rings. The standard InChI is InChI=1S/C22H20N2O4/c1-27-19-10-6-9-18(20(19)28-2)22(26)24-17-13-11-16(12-14-17)23-21(25)15-7-4-3-5-8-15/h3-14H,1-2H3,(H,23,25)(H,24,26). The van der Waals surface area contributed by atoms with Crippen molar-refractivity contribution < 1.29 is 19.1 Å². The van der Waals surface area contributed by atoms with Crippen molar-refractivity contribution in [2.45, 2.75) is 0 Å². The third kappa shape index (κ3) is 4.29. The van der Waals surface area contributed by atoms with Crippen LogP contribution in [0.4, 0.5) is 11.4 Å². The van der Waals surface area contributed by atoms with Crippen LogP contribution in [0.2, 0.25) is 0 Å². The summed E-state index contributed by atoms with van der Waals surface area (Å²) >= 11 is 0. The van der Waals surface area contributed by atoms with Crippen molar-refractivity contribution in [3.05, 3.63) is 83.9 Å². The molecule has 0 spiro atoms. The van der Waals surface area contributed by atoms with E-state index in [1.165, 1.54) is 14.2 Å². The fraction of sp³-hybridized carbons (Fsp3) is 0.0909. The van der Waals surface area contributed by atoms with Gasteiger partial charge in [-0.15, -0.1) is 0 Å². The molecular formula is C22H20N2O4. The molecule has 6 nitrogen and oxygen atoms in total. The van der Waals surface area contributed by atoms with E-state index in [1.54, 1.807) is 66.7 Å². The van der Waals surface area contributed by atoms with Crippen LogP contribution in [0, 0.1) is 0 Å². The van der Waals surface area contributed by atoms with Crippen LogP contribution in [-0.4, -0.2) is 26.0 Å². The summed E-state index contributed by atoms with van der Waals surface area (Å²) in [7, 11) is 3.00. The molecule has 0 bridgehead atoms. The third-order valence-corrected chi connectivity index (χ3v) is 4.08. The van der Waals surface area contributed by atoms with E-state index in [4.69, 9.17) is 9.47 Å². The molecule has 0 radical (unpaired) electrons. The van der Waals surface area contributed by atoms with E-state index < -0.39 is 0 Å². The minimum absolute atomic E-state index is 0.196. The number of benzene rings is 3. The van der Waals surface area contributed by atoms with Gasteiger partial charge in [-0.05, 0) is 48.5 Å². The first kappa shape index (κ1) is 19.0. The summed E-state index contributed by atoms with van der Waals surface area (Å²) in [6.07, 6.45) is 0. The summed E-state index contributed by atoms with van der Waals surface area (Å²) in [6.45, 7) is 0. The SMILES string of the molecule is COc1cccc(C(=O)Nc2ccc(NC(=O)c3ccccc3)cc2)c1OC. The molecule has 0 atom stereocenters. The van der Waals surface area contributed by atoms with Crippen molar-refractivity contribution in [2.75, 3.05) is 24.9 Å². The molecule has 3 rings (SSSR count). The highest BCUT2D eigenvalue weighted by Crippen LogP contribution is 2.31. The van der Waals surface area contributed by atoms with Crippen LogP contribution in [0.25, 0.3) is 0 Å². The Hall–Kier alpha value is -3.80. The van der Waals surface area contributed by atoms with Gasteiger partial charge in [-0.25, -0.2) is 0 Å². The van der Waals surface area contributed by atoms with E-state index in [-0.39, 0.29) is 11.8 Å². The number of para-hydroxylation sites is 1. The number of carbonyl (C=O) groups excluding carboxylic acids is 2. The normalized spacial score (nSPS) is 10.1. The first-order valence-electron chi connectivity index (χ1n) is 8.61.